The normalized spacial score (nSPS) is 12.8. The Morgan fingerprint density at radius 2 is 0.839 bits per heavy atom. The van der Waals surface area contributed by atoms with Gasteiger partial charge < -0.3 is 4.42 Å². The molecule has 8 aromatic carbocycles. The molecule has 2 aromatic heterocycles. The molecule has 0 amide bonds. The van der Waals surface area contributed by atoms with Gasteiger partial charge in [-0.25, -0.2) is 15.0 Å². The zero-order valence-corrected chi connectivity index (χ0v) is 30.3. The number of furan rings is 1. The summed E-state index contributed by atoms with van der Waals surface area (Å²) < 4.78 is 6.98. The molecule has 0 unspecified atom stereocenters. The van der Waals surface area contributed by atoms with Crippen LogP contribution in [-0.4, -0.2) is 15.0 Å². The lowest BCUT2D eigenvalue weighted by atomic mass is 9.67. The van der Waals surface area contributed by atoms with E-state index in [-0.39, 0.29) is 0 Å². The van der Waals surface area contributed by atoms with Crippen molar-refractivity contribution in [3.05, 3.63) is 222 Å². The quantitative estimate of drug-likeness (QED) is 0.172. The molecule has 0 bridgehead atoms. The van der Waals surface area contributed by atoms with Crippen molar-refractivity contribution in [2.75, 3.05) is 0 Å². The molecule has 2 heterocycles. The van der Waals surface area contributed by atoms with E-state index < -0.39 is 5.41 Å². The molecule has 10 aromatic rings. The summed E-state index contributed by atoms with van der Waals surface area (Å²) in [7, 11) is 0. The number of para-hydroxylation sites is 1. The lowest BCUT2D eigenvalue weighted by Gasteiger charge is -2.33. The highest BCUT2D eigenvalue weighted by Gasteiger charge is 2.46. The first-order chi connectivity index (χ1) is 27.8. The Labute approximate surface area is 324 Å². The molecule has 0 atom stereocenters. The first-order valence-electron chi connectivity index (χ1n) is 18.9. The molecule has 56 heavy (non-hydrogen) atoms. The maximum absolute atomic E-state index is 6.98. The maximum atomic E-state index is 6.98. The molecule has 0 spiro atoms. The van der Waals surface area contributed by atoms with Crippen molar-refractivity contribution in [2.45, 2.75) is 5.41 Å². The molecule has 11 rings (SSSR count). The SMILES string of the molecule is c1ccc(-c2ccc(-c3nc(-c4ccccc4)nc(-c4cccc5c4oc4cc6c(cc45)-c4ccccc4C6(c4ccccc4)c4ccccc4)n3)cc2)cc1. The number of nitrogens with zero attached hydrogens (tertiary/aromatic N) is 3. The van der Waals surface area contributed by atoms with Crippen molar-refractivity contribution in [2.24, 2.45) is 0 Å². The molecule has 0 saturated carbocycles. The van der Waals surface area contributed by atoms with Gasteiger partial charge in [-0.2, -0.15) is 0 Å². The third-order valence-corrected chi connectivity index (χ3v) is 11.2. The van der Waals surface area contributed by atoms with Crippen molar-refractivity contribution in [1.82, 2.24) is 15.0 Å². The minimum absolute atomic E-state index is 0.520. The second kappa shape index (κ2) is 12.9. The molecule has 1 aliphatic rings. The van der Waals surface area contributed by atoms with Crippen LogP contribution >= 0.6 is 0 Å². The molecule has 4 nitrogen and oxygen atoms in total. The summed E-state index contributed by atoms with van der Waals surface area (Å²) in [5.74, 6) is 1.77. The van der Waals surface area contributed by atoms with E-state index in [1.165, 1.54) is 33.4 Å². The summed E-state index contributed by atoms with van der Waals surface area (Å²) in [4.78, 5) is 15.2. The molecule has 0 radical (unpaired) electrons. The van der Waals surface area contributed by atoms with Gasteiger partial charge in [0.05, 0.1) is 11.0 Å². The maximum Gasteiger partial charge on any atom is 0.167 e. The van der Waals surface area contributed by atoms with Crippen LogP contribution in [0.2, 0.25) is 0 Å². The first kappa shape index (κ1) is 32.0. The van der Waals surface area contributed by atoms with Gasteiger partial charge in [-0.3, -0.25) is 0 Å². The molecular weight excluding hydrogens is 683 g/mol. The Bertz CT molecular complexity index is 3010. The number of fused-ring (bicyclic) bond motifs is 6. The Balaban J connectivity index is 1.12. The van der Waals surface area contributed by atoms with Crippen molar-refractivity contribution in [3.63, 3.8) is 0 Å². The van der Waals surface area contributed by atoms with E-state index in [4.69, 9.17) is 19.4 Å². The van der Waals surface area contributed by atoms with E-state index in [2.05, 4.69) is 164 Å². The van der Waals surface area contributed by atoms with Gasteiger partial charge >= 0.3 is 0 Å². The molecule has 0 N–H and O–H groups in total. The topological polar surface area (TPSA) is 51.8 Å². The van der Waals surface area contributed by atoms with Crippen LogP contribution in [0.3, 0.4) is 0 Å². The number of hydrogen-bond acceptors (Lipinski definition) is 4. The zero-order valence-electron chi connectivity index (χ0n) is 30.3. The fourth-order valence-electron chi connectivity index (χ4n) is 8.69. The monoisotopic (exact) mass is 715 g/mol. The summed E-state index contributed by atoms with van der Waals surface area (Å²) >= 11 is 0. The van der Waals surface area contributed by atoms with Gasteiger partial charge in [0, 0.05) is 21.9 Å². The van der Waals surface area contributed by atoms with Crippen molar-refractivity contribution in [3.8, 4) is 56.4 Å². The van der Waals surface area contributed by atoms with Gasteiger partial charge in [0.2, 0.25) is 0 Å². The highest BCUT2D eigenvalue weighted by molar-refractivity contribution is 6.11. The summed E-state index contributed by atoms with van der Waals surface area (Å²) in [6.07, 6.45) is 0. The summed E-state index contributed by atoms with van der Waals surface area (Å²) in [6, 6.07) is 70.3. The van der Waals surface area contributed by atoms with E-state index in [1.54, 1.807) is 0 Å². The number of benzene rings is 8. The first-order valence-corrected chi connectivity index (χ1v) is 18.9. The van der Waals surface area contributed by atoms with Crippen LogP contribution in [0.4, 0.5) is 0 Å². The minimum Gasteiger partial charge on any atom is -0.455 e. The Hall–Kier alpha value is -7.43. The van der Waals surface area contributed by atoms with Gasteiger partial charge in [-0.1, -0.05) is 182 Å². The minimum atomic E-state index is -0.520. The third-order valence-electron chi connectivity index (χ3n) is 11.2. The van der Waals surface area contributed by atoms with Crippen LogP contribution < -0.4 is 0 Å². The van der Waals surface area contributed by atoms with E-state index >= 15 is 0 Å². The summed E-state index contributed by atoms with van der Waals surface area (Å²) in [5, 5.41) is 2.08. The second-order valence-electron chi connectivity index (χ2n) is 14.3. The van der Waals surface area contributed by atoms with Gasteiger partial charge in [0.25, 0.3) is 0 Å². The van der Waals surface area contributed by atoms with Gasteiger partial charge in [-0.05, 0) is 62.7 Å². The van der Waals surface area contributed by atoms with E-state index in [1.807, 2.05) is 36.4 Å². The van der Waals surface area contributed by atoms with E-state index in [0.717, 1.165) is 49.8 Å². The standard InChI is InChI=1S/C52H33N3O/c1-5-16-34(17-6-1)35-28-30-37(31-29-35)50-53-49(36-18-7-2-8-19-36)54-51(55-50)42-26-15-25-41-44-32-43-40-24-13-14-27-45(40)52(38-20-9-3-10-21-38,39-22-11-4-12-23-39)46(43)33-47(44)56-48(41)42/h1-33H. The van der Waals surface area contributed by atoms with Crippen LogP contribution in [0.25, 0.3) is 78.4 Å². The predicted molar refractivity (Wildman–Crippen MR) is 226 cm³/mol. The van der Waals surface area contributed by atoms with E-state index in [9.17, 15) is 0 Å². The van der Waals surface area contributed by atoms with Crippen LogP contribution in [0, 0.1) is 0 Å². The van der Waals surface area contributed by atoms with Crippen LogP contribution in [0.1, 0.15) is 22.3 Å². The molecule has 0 saturated heterocycles. The fourth-order valence-corrected chi connectivity index (χ4v) is 8.69. The lowest BCUT2D eigenvalue weighted by molar-refractivity contribution is 0.666. The second-order valence-corrected chi connectivity index (χ2v) is 14.3. The number of aromatic nitrogens is 3. The molecule has 1 aliphatic carbocycles. The summed E-state index contributed by atoms with van der Waals surface area (Å²) in [5.41, 5.74) is 13.4. The number of rotatable bonds is 6. The zero-order chi connectivity index (χ0) is 37.1. The van der Waals surface area contributed by atoms with Crippen LogP contribution in [0.15, 0.2) is 205 Å². The van der Waals surface area contributed by atoms with Crippen LogP contribution in [0.5, 0.6) is 0 Å². The molecule has 262 valence electrons. The smallest absolute Gasteiger partial charge is 0.167 e. The van der Waals surface area contributed by atoms with Gasteiger partial charge in [0.15, 0.2) is 17.5 Å². The Morgan fingerprint density at radius 1 is 0.339 bits per heavy atom. The molecular formula is C52H33N3O. The molecule has 0 aliphatic heterocycles. The Morgan fingerprint density at radius 3 is 1.50 bits per heavy atom. The highest BCUT2D eigenvalue weighted by atomic mass is 16.3. The van der Waals surface area contributed by atoms with E-state index in [0.29, 0.717) is 17.5 Å². The lowest BCUT2D eigenvalue weighted by Crippen LogP contribution is -2.28. The average Bonchev–Trinajstić information content (AvgIpc) is 3.80. The van der Waals surface area contributed by atoms with Crippen molar-refractivity contribution in [1.29, 1.82) is 0 Å². The average molecular weight is 716 g/mol. The highest BCUT2D eigenvalue weighted by Crippen LogP contribution is 2.57. The third kappa shape index (κ3) is 4.96. The molecule has 0 fully saturated rings. The molecule has 4 heteroatoms. The summed E-state index contributed by atoms with van der Waals surface area (Å²) in [6.45, 7) is 0. The van der Waals surface area contributed by atoms with Gasteiger partial charge in [0.1, 0.15) is 11.2 Å². The fraction of sp³-hybridized carbons (Fsp3) is 0.0192. The van der Waals surface area contributed by atoms with Crippen LogP contribution in [-0.2, 0) is 5.41 Å². The van der Waals surface area contributed by atoms with Crippen molar-refractivity contribution < 1.29 is 4.42 Å². The van der Waals surface area contributed by atoms with Gasteiger partial charge in [-0.15, -0.1) is 0 Å². The predicted octanol–water partition coefficient (Wildman–Crippen LogP) is 12.8. The number of hydrogen-bond donors (Lipinski definition) is 0. The van der Waals surface area contributed by atoms with Crippen molar-refractivity contribution >= 4 is 21.9 Å². The largest absolute Gasteiger partial charge is 0.455 e. The Kier molecular flexibility index (Phi) is 7.36.